The minimum atomic E-state index is -0.672. The Morgan fingerprint density at radius 2 is 2.33 bits per heavy atom. The molecule has 5 heteroatoms. The molecule has 0 radical (unpaired) electrons. The highest BCUT2D eigenvalue weighted by molar-refractivity contribution is 5.89. The van der Waals surface area contributed by atoms with Gasteiger partial charge in [-0.25, -0.2) is 4.79 Å². The van der Waals surface area contributed by atoms with Gasteiger partial charge in [0.05, 0.1) is 6.54 Å². The van der Waals surface area contributed by atoms with Crippen molar-refractivity contribution < 1.29 is 14.3 Å². The number of ether oxygens (including phenoxy) is 1. The molecule has 0 aliphatic carbocycles. The lowest BCUT2D eigenvalue weighted by molar-refractivity contribution is -0.159. The number of nitrogens with two attached hydrogens (primary N) is 1. The largest absolute Gasteiger partial charge is 0.391 e. The van der Waals surface area contributed by atoms with Crippen LogP contribution in [-0.4, -0.2) is 31.1 Å². The van der Waals surface area contributed by atoms with Crippen molar-refractivity contribution in [2.75, 3.05) is 13.1 Å². The summed E-state index contributed by atoms with van der Waals surface area (Å²) in [5.41, 5.74) is 4.97. The quantitative estimate of drug-likeness (QED) is 0.402. The Morgan fingerprint density at radius 1 is 1.58 bits per heavy atom. The molecule has 0 unspecified atom stereocenters. The molecule has 0 spiro atoms. The summed E-state index contributed by atoms with van der Waals surface area (Å²) in [6.07, 6.45) is 1.67. The molecule has 1 heterocycles. The van der Waals surface area contributed by atoms with E-state index in [1.54, 1.807) is 0 Å². The van der Waals surface area contributed by atoms with E-state index in [1.165, 1.54) is 0 Å². The SMILES string of the molecule is NCC(=O)OC(=O)[C@H]1CCCN1. The molecule has 0 aromatic heterocycles. The van der Waals surface area contributed by atoms with Gasteiger partial charge in [0.25, 0.3) is 0 Å². The van der Waals surface area contributed by atoms with Gasteiger partial charge in [-0.3, -0.25) is 4.79 Å². The lowest BCUT2D eigenvalue weighted by Crippen LogP contribution is -2.35. The molecule has 1 aliphatic heterocycles. The van der Waals surface area contributed by atoms with Crippen molar-refractivity contribution >= 4 is 11.9 Å². The molecular weight excluding hydrogens is 160 g/mol. The summed E-state index contributed by atoms with van der Waals surface area (Å²) in [5.74, 6) is -1.18. The average Bonchev–Trinajstić information content (AvgIpc) is 2.56. The van der Waals surface area contributed by atoms with E-state index in [1.807, 2.05) is 0 Å². The van der Waals surface area contributed by atoms with Crippen LogP contribution in [0.5, 0.6) is 0 Å². The van der Waals surface area contributed by atoms with Gasteiger partial charge in [0, 0.05) is 0 Å². The summed E-state index contributed by atoms with van der Waals surface area (Å²) < 4.78 is 4.42. The zero-order chi connectivity index (χ0) is 8.97. The van der Waals surface area contributed by atoms with Gasteiger partial charge in [-0.1, -0.05) is 0 Å². The Labute approximate surface area is 70.2 Å². The van der Waals surface area contributed by atoms with Crippen LogP contribution in [0.2, 0.25) is 0 Å². The van der Waals surface area contributed by atoms with E-state index in [0.29, 0.717) is 0 Å². The van der Waals surface area contributed by atoms with E-state index in [0.717, 1.165) is 19.4 Å². The molecule has 0 saturated carbocycles. The number of nitrogens with one attached hydrogen (secondary N) is 1. The van der Waals surface area contributed by atoms with Gasteiger partial charge in [0.2, 0.25) is 0 Å². The highest BCUT2D eigenvalue weighted by Crippen LogP contribution is 2.06. The fourth-order valence-corrected chi connectivity index (χ4v) is 1.11. The van der Waals surface area contributed by atoms with Crippen LogP contribution in [-0.2, 0) is 14.3 Å². The summed E-state index contributed by atoms with van der Waals surface area (Å²) in [4.78, 5) is 21.6. The molecule has 1 rings (SSSR count). The molecule has 0 bridgehead atoms. The molecule has 5 nitrogen and oxygen atoms in total. The van der Waals surface area contributed by atoms with Crippen molar-refractivity contribution in [3.8, 4) is 0 Å². The van der Waals surface area contributed by atoms with Crippen molar-refractivity contribution in [2.24, 2.45) is 5.73 Å². The molecule has 68 valence electrons. The maximum absolute atomic E-state index is 11.1. The predicted octanol–water partition coefficient (Wildman–Crippen LogP) is -1.23. The van der Waals surface area contributed by atoms with Gasteiger partial charge in [-0.05, 0) is 19.4 Å². The smallest absolute Gasteiger partial charge is 0.330 e. The van der Waals surface area contributed by atoms with E-state index in [-0.39, 0.29) is 12.6 Å². The third-order valence-electron chi connectivity index (χ3n) is 1.73. The van der Waals surface area contributed by atoms with Crippen molar-refractivity contribution in [1.82, 2.24) is 5.32 Å². The lowest BCUT2D eigenvalue weighted by atomic mass is 10.2. The highest BCUT2D eigenvalue weighted by atomic mass is 16.6. The lowest BCUT2D eigenvalue weighted by Gasteiger charge is -2.07. The second-order valence-corrected chi connectivity index (χ2v) is 2.65. The maximum Gasteiger partial charge on any atom is 0.330 e. The molecule has 12 heavy (non-hydrogen) atoms. The molecule has 0 amide bonds. The van der Waals surface area contributed by atoms with Crippen molar-refractivity contribution in [3.63, 3.8) is 0 Å². The molecule has 0 aromatic carbocycles. The van der Waals surface area contributed by atoms with Crippen LogP contribution >= 0.6 is 0 Å². The maximum atomic E-state index is 11.1. The van der Waals surface area contributed by atoms with Crippen LogP contribution < -0.4 is 11.1 Å². The van der Waals surface area contributed by atoms with Crippen LogP contribution in [0.4, 0.5) is 0 Å². The minimum absolute atomic E-state index is 0.252. The molecule has 1 fully saturated rings. The van der Waals surface area contributed by atoms with Crippen molar-refractivity contribution in [2.45, 2.75) is 18.9 Å². The molecule has 3 N–H and O–H groups in total. The van der Waals surface area contributed by atoms with Gasteiger partial charge in [-0.15, -0.1) is 0 Å². The topological polar surface area (TPSA) is 81.4 Å². The Morgan fingerprint density at radius 3 is 2.83 bits per heavy atom. The van der Waals surface area contributed by atoms with Crippen molar-refractivity contribution in [3.05, 3.63) is 0 Å². The normalized spacial score (nSPS) is 22.2. The summed E-state index contributed by atoms with van der Waals surface area (Å²) in [6, 6.07) is -0.319. The zero-order valence-electron chi connectivity index (χ0n) is 6.71. The summed E-state index contributed by atoms with van der Waals surface area (Å²) in [6.45, 7) is 0.551. The summed E-state index contributed by atoms with van der Waals surface area (Å²) in [7, 11) is 0. The number of esters is 2. The van der Waals surface area contributed by atoms with Gasteiger partial charge >= 0.3 is 11.9 Å². The molecule has 0 aromatic rings. The Hall–Kier alpha value is -0.940. The molecule has 1 atom stereocenters. The van der Waals surface area contributed by atoms with Gasteiger partial charge in [0.15, 0.2) is 0 Å². The summed E-state index contributed by atoms with van der Waals surface area (Å²) in [5, 5.41) is 2.92. The molecular formula is C7H12N2O3. The predicted molar refractivity (Wildman–Crippen MR) is 41.2 cm³/mol. The monoisotopic (exact) mass is 172 g/mol. The van der Waals surface area contributed by atoms with Gasteiger partial charge in [0.1, 0.15) is 6.04 Å². The van der Waals surface area contributed by atoms with Crippen LogP contribution in [0.3, 0.4) is 0 Å². The third kappa shape index (κ3) is 2.28. The van der Waals surface area contributed by atoms with Gasteiger partial charge in [-0.2, -0.15) is 0 Å². The van der Waals surface area contributed by atoms with E-state index < -0.39 is 11.9 Å². The van der Waals surface area contributed by atoms with Crippen LogP contribution in [0, 0.1) is 0 Å². The van der Waals surface area contributed by atoms with Crippen molar-refractivity contribution in [1.29, 1.82) is 0 Å². The summed E-state index contributed by atoms with van der Waals surface area (Å²) >= 11 is 0. The number of carbonyl (C=O) groups is 2. The third-order valence-corrected chi connectivity index (χ3v) is 1.73. The highest BCUT2D eigenvalue weighted by Gasteiger charge is 2.24. The fourth-order valence-electron chi connectivity index (χ4n) is 1.11. The first-order valence-corrected chi connectivity index (χ1v) is 3.92. The van der Waals surface area contributed by atoms with Crippen LogP contribution in [0.25, 0.3) is 0 Å². The van der Waals surface area contributed by atoms with E-state index in [2.05, 4.69) is 10.1 Å². The second-order valence-electron chi connectivity index (χ2n) is 2.65. The fraction of sp³-hybridized carbons (Fsp3) is 0.714. The number of hydrogen-bond donors (Lipinski definition) is 2. The van der Waals surface area contributed by atoms with E-state index in [4.69, 9.17) is 5.73 Å². The number of hydrogen-bond acceptors (Lipinski definition) is 5. The second kappa shape index (κ2) is 4.18. The average molecular weight is 172 g/mol. The zero-order valence-corrected chi connectivity index (χ0v) is 6.71. The first-order chi connectivity index (χ1) is 5.74. The first-order valence-electron chi connectivity index (χ1n) is 3.92. The number of carbonyl (C=O) groups excluding carboxylic acids is 2. The van der Waals surface area contributed by atoms with E-state index >= 15 is 0 Å². The Kier molecular flexibility index (Phi) is 3.19. The Balaban J connectivity index is 2.32. The first kappa shape index (κ1) is 9.15. The van der Waals surface area contributed by atoms with Crippen LogP contribution in [0.1, 0.15) is 12.8 Å². The molecule has 1 saturated heterocycles. The number of rotatable bonds is 2. The van der Waals surface area contributed by atoms with Crippen LogP contribution in [0.15, 0.2) is 0 Å². The van der Waals surface area contributed by atoms with E-state index in [9.17, 15) is 9.59 Å². The minimum Gasteiger partial charge on any atom is -0.391 e. The van der Waals surface area contributed by atoms with Gasteiger partial charge < -0.3 is 15.8 Å². The molecule has 1 aliphatic rings. The Bertz CT molecular complexity index is 187. The standard InChI is InChI=1S/C7H12N2O3/c8-4-6(10)12-7(11)5-2-1-3-9-5/h5,9H,1-4,8H2/t5-/m1/s1.